The molecule has 28 heavy (non-hydrogen) atoms. The number of carbonyl (C=O) groups is 2. The molecule has 2 aliphatic rings. The number of rotatable bonds is 5. The highest BCUT2D eigenvalue weighted by Gasteiger charge is 2.47. The molecule has 3 heterocycles. The third kappa shape index (κ3) is 3.85. The van der Waals surface area contributed by atoms with Gasteiger partial charge in [0.15, 0.2) is 0 Å². The number of piperidine rings is 1. The zero-order chi connectivity index (χ0) is 19.6. The van der Waals surface area contributed by atoms with Crippen LogP contribution >= 0.6 is 0 Å². The maximum atomic E-state index is 12.4. The van der Waals surface area contributed by atoms with Crippen molar-refractivity contribution in [3.8, 4) is 0 Å². The Bertz CT molecular complexity index is 816. The second-order valence-electron chi connectivity index (χ2n) is 7.72. The molecule has 4 rings (SSSR count). The molecule has 8 heteroatoms. The first-order chi connectivity index (χ1) is 13.5. The lowest BCUT2D eigenvalue weighted by atomic mass is 9.91. The van der Waals surface area contributed by atoms with Gasteiger partial charge in [-0.05, 0) is 11.5 Å². The molecular weight excluding hydrogens is 358 g/mol. The first-order valence-electron chi connectivity index (χ1n) is 9.68. The Morgan fingerprint density at radius 3 is 2.68 bits per heavy atom. The van der Waals surface area contributed by atoms with E-state index in [9.17, 15) is 9.59 Å². The molecule has 2 amide bonds. The van der Waals surface area contributed by atoms with E-state index in [1.807, 2.05) is 28.0 Å². The maximum Gasteiger partial charge on any atom is 0.410 e. The van der Waals surface area contributed by atoms with Gasteiger partial charge in [-0.15, -0.1) is 0 Å². The van der Waals surface area contributed by atoms with Crippen LogP contribution in [0.15, 0.2) is 43.0 Å². The molecule has 148 valence electrons. The fraction of sp³-hybridized carbons (Fsp3) is 0.500. The van der Waals surface area contributed by atoms with Crippen LogP contribution in [-0.4, -0.2) is 68.3 Å². The number of aromatic nitrogens is 3. The second kappa shape index (κ2) is 7.61. The predicted octanol–water partition coefficient (Wildman–Crippen LogP) is 1.90. The first-order valence-corrected chi connectivity index (χ1v) is 9.68. The zero-order valence-corrected chi connectivity index (χ0v) is 16.0. The number of hydrogen-bond donors (Lipinski definition) is 0. The highest BCUT2D eigenvalue weighted by atomic mass is 16.6. The Morgan fingerprint density at radius 2 is 2.00 bits per heavy atom. The molecule has 2 aromatic rings. The first kappa shape index (κ1) is 18.5. The standard InChI is InChI=1S/C20H25N5O3/c1-16(17-5-3-2-4-6-17)11-24-13-20(28-19(24)27)7-9-23(10-8-20)18(26)12-25-15-21-14-22-25/h2-6,14-16H,7-13H2,1H3/t16-/m1/s1. The molecule has 2 saturated heterocycles. The summed E-state index contributed by atoms with van der Waals surface area (Å²) in [6.45, 7) is 4.71. The van der Waals surface area contributed by atoms with E-state index in [-0.39, 0.29) is 24.5 Å². The van der Waals surface area contributed by atoms with Crippen LogP contribution in [0.5, 0.6) is 0 Å². The molecule has 1 spiro atoms. The third-order valence-electron chi connectivity index (χ3n) is 5.70. The van der Waals surface area contributed by atoms with E-state index >= 15 is 0 Å². The van der Waals surface area contributed by atoms with Gasteiger partial charge in [0.1, 0.15) is 24.8 Å². The largest absolute Gasteiger partial charge is 0.441 e. The van der Waals surface area contributed by atoms with Crippen LogP contribution in [-0.2, 0) is 16.1 Å². The van der Waals surface area contributed by atoms with Gasteiger partial charge in [-0.25, -0.2) is 14.5 Å². The Labute approximate surface area is 164 Å². The molecule has 0 unspecified atom stereocenters. The number of nitrogens with zero attached hydrogens (tertiary/aromatic N) is 5. The van der Waals surface area contributed by atoms with Crippen LogP contribution in [0.25, 0.3) is 0 Å². The number of ether oxygens (including phenoxy) is 1. The summed E-state index contributed by atoms with van der Waals surface area (Å²) in [6.07, 6.45) is 4.04. The molecule has 0 bridgehead atoms. The van der Waals surface area contributed by atoms with Crippen molar-refractivity contribution in [2.75, 3.05) is 26.2 Å². The topological polar surface area (TPSA) is 80.6 Å². The monoisotopic (exact) mass is 383 g/mol. The molecule has 0 radical (unpaired) electrons. The second-order valence-corrected chi connectivity index (χ2v) is 7.72. The average molecular weight is 383 g/mol. The van der Waals surface area contributed by atoms with Crippen molar-refractivity contribution in [1.29, 1.82) is 0 Å². The van der Waals surface area contributed by atoms with Gasteiger partial charge in [-0.3, -0.25) is 4.79 Å². The Morgan fingerprint density at radius 1 is 1.25 bits per heavy atom. The number of hydrogen-bond acceptors (Lipinski definition) is 5. The van der Waals surface area contributed by atoms with Gasteiger partial charge in [0.25, 0.3) is 0 Å². The van der Waals surface area contributed by atoms with E-state index in [0.717, 1.165) is 0 Å². The van der Waals surface area contributed by atoms with E-state index < -0.39 is 5.60 Å². The van der Waals surface area contributed by atoms with E-state index in [4.69, 9.17) is 4.74 Å². The Hall–Kier alpha value is -2.90. The third-order valence-corrected chi connectivity index (χ3v) is 5.70. The summed E-state index contributed by atoms with van der Waals surface area (Å²) in [4.78, 5) is 32.3. The van der Waals surface area contributed by atoms with Gasteiger partial charge in [0.2, 0.25) is 5.91 Å². The van der Waals surface area contributed by atoms with E-state index in [2.05, 4.69) is 29.1 Å². The summed E-state index contributed by atoms with van der Waals surface area (Å²) in [5, 5.41) is 3.98. The van der Waals surface area contributed by atoms with E-state index in [1.165, 1.54) is 22.9 Å². The lowest BCUT2D eigenvalue weighted by Gasteiger charge is -2.37. The van der Waals surface area contributed by atoms with Gasteiger partial charge in [-0.1, -0.05) is 37.3 Å². The van der Waals surface area contributed by atoms with Gasteiger partial charge >= 0.3 is 6.09 Å². The molecule has 1 aromatic carbocycles. The summed E-state index contributed by atoms with van der Waals surface area (Å²) < 4.78 is 7.32. The normalized spacial score (nSPS) is 19.7. The minimum absolute atomic E-state index is 0.0132. The fourth-order valence-corrected chi connectivity index (χ4v) is 4.03. The van der Waals surface area contributed by atoms with Crippen LogP contribution in [0.2, 0.25) is 0 Å². The van der Waals surface area contributed by atoms with Crippen molar-refractivity contribution in [2.24, 2.45) is 0 Å². The zero-order valence-electron chi connectivity index (χ0n) is 16.0. The van der Waals surface area contributed by atoms with Crippen molar-refractivity contribution in [1.82, 2.24) is 24.6 Å². The quantitative estimate of drug-likeness (QED) is 0.788. The van der Waals surface area contributed by atoms with Gasteiger partial charge in [0.05, 0.1) is 6.54 Å². The molecular formula is C20H25N5O3. The van der Waals surface area contributed by atoms with E-state index in [0.29, 0.717) is 39.0 Å². The molecule has 1 aromatic heterocycles. The number of benzene rings is 1. The molecule has 0 N–H and O–H groups in total. The molecule has 2 fully saturated rings. The molecule has 8 nitrogen and oxygen atoms in total. The highest BCUT2D eigenvalue weighted by Crippen LogP contribution is 2.34. The Kier molecular flexibility index (Phi) is 5.02. The number of carbonyl (C=O) groups excluding carboxylic acids is 2. The van der Waals surface area contributed by atoms with Crippen LogP contribution in [0.3, 0.4) is 0 Å². The Balaban J connectivity index is 1.32. The smallest absolute Gasteiger partial charge is 0.410 e. The summed E-state index contributed by atoms with van der Waals surface area (Å²) in [5.41, 5.74) is 0.738. The van der Waals surface area contributed by atoms with Crippen molar-refractivity contribution in [3.63, 3.8) is 0 Å². The maximum absolute atomic E-state index is 12.4. The average Bonchev–Trinajstić information content (AvgIpc) is 3.31. The lowest BCUT2D eigenvalue weighted by Crippen LogP contribution is -2.49. The van der Waals surface area contributed by atoms with Crippen molar-refractivity contribution >= 4 is 12.0 Å². The van der Waals surface area contributed by atoms with Crippen LogP contribution in [0, 0.1) is 0 Å². The summed E-state index contributed by atoms with van der Waals surface area (Å²) >= 11 is 0. The minimum Gasteiger partial charge on any atom is -0.441 e. The van der Waals surface area contributed by atoms with Crippen LogP contribution < -0.4 is 0 Å². The predicted molar refractivity (Wildman–Crippen MR) is 101 cm³/mol. The van der Waals surface area contributed by atoms with Crippen molar-refractivity contribution in [3.05, 3.63) is 48.5 Å². The number of likely N-dealkylation sites (tertiary alicyclic amines) is 1. The lowest BCUT2D eigenvalue weighted by molar-refractivity contribution is -0.135. The highest BCUT2D eigenvalue weighted by molar-refractivity contribution is 5.76. The summed E-state index contributed by atoms with van der Waals surface area (Å²) in [6, 6.07) is 10.2. The summed E-state index contributed by atoms with van der Waals surface area (Å²) in [7, 11) is 0. The van der Waals surface area contributed by atoms with Crippen molar-refractivity contribution < 1.29 is 14.3 Å². The van der Waals surface area contributed by atoms with Crippen molar-refractivity contribution in [2.45, 2.75) is 37.8 Å². The van der Waals surface area contributed by atoms with E-state index in [1.54, 1.807) is 0 Å². The van der Waals surface area contributed by atoms with Gasteiger partial charge in [0, 0.05) is 32.5 Å². The minimum atomic E-state index is -0.475. The van der Waals surface area contributed by atoms with Gasteiger partial charge in [-0.2, -0.15) is 5.10 Å². The molecule has 0 aliphatic carbocycles. The fourth-order valence-electron chi connectivity index (χ4n) is 4.03. The molecule has 1 atom stereocenters. The van der Waals surface area contributed by atoms with Gasteiger partial charge < -0.3 is 14.5 Å². The number of amides is 2. The summed E-state index contributed by atoms with van der Waals surface area (Å²) in [5.74, 6) is 0.257. The molecule has 2 aliphatic heterocycles. The van der Waals surface area contributed by atoms with Crippen LogP contribution in [0.4, 0.5) is 4.79 Å². The van der Waals surface area contributed by atoms with Crippen LogP contribution in [0.1, 0.15) is 31.2 Å². The SMILES string of the molecule is C[C@H](CN1CC2(CCN(C(=O)Cn3cncn3)CC2)OC1=O)c1ccccc1. The molecule has 0 saturated carbocycles.